The van der Waals surface area contributed by atoms with E-state index in [-0.39, 0.29) is 16.2 Å². The molecule has 2 aromatic rings. The first kappa shape index (κ1) is 33.3. The lowest BCUT2D eigenvalue weighted by Gasteiger charge is -2.36. The first-order valence-electron chi connectivity index (χ1n) is 18.8. The van der Waals surface area contributed by atoms with Crippen molar-refractivity contribution in [3.05, 3.63) is 58.1 Å². The summed E-state index contributed by atoms with van der Waals surface area (Å²) in [5, 5.41) is 0. The van der Waals surface area contributed by atoms with E-state index in [9.17, 15) is 0 Å². The zero-order valence-electron chi connectivity index (χ0n) is 30.6. The van der Waals surface area contributed by atoms with E-state index in [4.69, 9.17) is 9.47 Å². The molecule has 2 fully saturated rings. The maximum atomic E-state index is 7.35. The molecule has 0 aromatic heterocycles. The smallest absolute Gasteiger partial charge is 0.341 e. The van der Waals surface area contributed by atoms with Crippen molar-refractivity contribution in [1.82, 2.24) is 0 Å². The third kappa shape index (κ3) is 5.74. The van der Waals surface area contributed by atoms with E-state index in [1.807, 2.05) is 0 Å². The van der Waals surface area contributed by atoms with Crippen molar-refractivity contribution in [3.8, 4) is 11.5 Å². The number of benzene rings is 2. The third-order valence-corrected chi connectivity index (χ3v) is 11.5. The highest BCUT2D eigenvalue weighted by Gasteiger charge is 2.76. The van der Waals surface area contributed by atoms with Gasteiger partial charge in [0.1, 0.15) is 0 Å². The maximum Gasteiger partial charge on any atom is 0.704 e. The molecule has 0 bridgehead atoms. The highest BCUT2D eigenvalue weighted by Crippen LogP contribution is 2.49. The van der Waals surface area contributed by atoms with Crippen molar-refractivity contribution < 1.29 is 18.6 Å². The van der Waals surface area contributed by atoms with E-state index in [1.165, 1.54) is 98.4 Å². The predicted molar refractivity (Wildman–Crippen MR) is 191 cm³/mol. The molecule has 0 N–H and O–H groups in total. The lowest BCUT2D eigenvalue weighted by Crippen LogP contribution is -2.60. The first-order chi connectivity index (χ1) is 21.9. The molecule has 6 rings (SSSR count). The topological polar surface area (TPSA) is 24.5 Å². The van der Waals surface area contributed by atoms with Crippen LogP contribution in [0.2, 0.25) is 0 Å². The second-order valence-corrected chi connectivity index (χ2v) is 17.0. The second-order valence-electron chi connectivity index (χ2n) is 17.0. The van der Waals surface area contributed by atoms with Gasteiger partial charge < -0.3 is 9.47 Å². The van der Waals surface area contributed by atoms with E-state index in [1.54, 1.807) is 0 Å². The normalized spacial score (nSPS) is 23.6. The van der Waals surface area contributed by atoms with Crippen molar-refractivity contribution >= 4 is 12.4 Å². The summed E-state index contributed by atoms with van der Waals surface area (Å²) < 4.78 is 19.5. The van der Waals surface area contributed by atoms with E-state index in [0.717, 1.165) is 24.3 Å². The molecule has 0 radical (unpaired) electrons. The van der Waals surface area contributed by atoms with E-state index in [2.05, 4.69) is 114 Å². The van der Waals surface area contributed by atoms with Gasteiger partial charge >= 0.3 is 6.03 Å². The van der Waals surface area contributed by atoms with Crippen LogP contribution in [0.4, 0.5) is 0 Å². The monoisotopic (exact) mass is 626 g/mol. The molecule has 3 heterocycles. The molecule has 46 heavy (non-hydrogen) atoms. The summed E-state index contributed by atoms with van der Waals surface area (Å²) in [4.78, 5) is 0. The summed E-state index contributed by atoms with van der Waals surface area (Å²) >= 11 is 0. The summed E-state index contributed by atoms with van der Waals surface area (Å²) in [5.74, 6) is 1.92. The lowest BCUT2D eigenvalue weighted by atomic mass is 9.69. The van der Waals surface area contributed by atoms with Gasteiger partial charge in [0.25, 0.3) is 0 Å². The number of hydrogen-bond donors (Lipinski definition) is 0. The Labute approximate surface area is 280 Å². The fourth-order valence-corrected chi connectivity index (χ4v) is 8.73. The van der Waals surface area contributed by atoms with Crippen LogP contribution in [0.5, 0.6) is 11.5 Å². The Balaban J connectivity index is 1.49. The fraction of sp³-hybridized carbons (Fsp3) is 0.667. The quantitative estimate of drug-likeness (QED) is 0.245. The minimum absolute atomic E-state index is 0.0504. The summed E-state index contributed by atoms with van der Waals surface area (Å²) in [5.41, 5.74) is 6.75. The fourth-order valence-electron chi connectivity index (χ4n) is 8.73. The summed E-state index contributed by atoms with van der Waals surface area (Å²) in [7, 11) is 0. The molecule has 2 aromatic carbocycles. The van der Waals surface area contributed by atoms with Crippen LogP contribution in [0, 0.1) is 0 Å². The Morgan fingerprint density at radius 3 is 1.74 bits per heavy atom. The molecule has 3 atom stereocenters. The number of hydrogen-bond acceptors (Lipinski definition) is 2. The predicted octanol–water partition coefficient (Wildman–Crippen LogP) is 10.4. The average Bonchev–Trinajstić information content (AvgIpc) is 3.29. The second kappa shape index (κ2) is 12.4. The van der Waals surface area contributed by atoms with E-state index < -0.39 is 6.03 Å². The molecular formula is C42H62N2O2+2. The van der Waals surface area contributed by atoms with Gasteiger partial charge in [-0.25, -0.2) is 0 Å². The van der Waals surface area contributed by atoms with Gasteiger partial charge in [-0.2, -0.15) is 0 Å². The van der Waals surface area contributed by atoms with Crippen molar-refractivity contribution in [2.45, 2.75) is 180 Å². The molecule has 0 amide bonds. The summed E-state index contributed by atoms with van der Waals surface area (Å²) in [6.07, 6.45) is 21.1. The van der Waals surface area contributed by atoms with Crippen LogP contribution in [0.1, 0.15) is 174 Å². The Hall–Kier alpha value is -2.62. The minimum Gasteiger partial charge on any atom is -0.341 e. The first-order valence-corrected chi connectivity index (χ1v) is 18.8. The van der Waals surface area contributed by atoms with Crippen LogP contribution < -0.4 is 9.47 Å². The zero-order valence-corrected chi connectivity index (χ0v) is 30.6. The molecule has 4 heteroatoms. The Morgan fingerprint density at radius 1 is 0.674 bits per heavy atom. The van der Waals surface area contributed by atoms with Crippen molar-refractivity contribution in [2.24, 2.45) is 0 Å². The molecule has 4 aliphatic rings. The van der Waals surface area contributed by atoms with Crippen LogP contribution in [0.3, 0.4) is 0 Å². The molecule has 3 unspecified atom stereocenters. The Kier molecular flexibility index (Phi) is 9.00. The minimum atomic E-state index is -0.992. The highest BCUT2D eigenvalue weighted by molar-refractivity contribution is 5.84. The molecule has 3 aliphatic heterocycles. The van der Waals surface area contributed by atoms with Gasteiger partial charge in [-0.3, -0.25) is 0 Å². The highest BCUT2D eigenvalue weighted by atomic mass is 16.7. The number of nitrogens with zero attached hydrogens (tertiary/aromatic N) is 2. The average molecular weight is 627 g/mol. The molecule has 1 saturated heterocycles. The van der Waals surface area contributed by atoms with Gasteiger partial charge in [0.15, 0.2) is 23.9 Å². The summed E-state index contributed by atoms with van der Waals surface area (Å²) in [6.45, 7) is 20.9. The Bertz CT molecular complexity index is 1480. The van der Waals surface area contributed by atoms with Crippen LogP contribution in [-0.4, -0.2) is 39.7 Å². The SMILES string of the molecule is CCCCC(CCCC)(CCCC)c1ccc2c(c1)C=[N+]1C3CCCCC3[N+]3=Cc4cc(C(C)(C)C)cc(C(C)(C)C)c4OC13O2. The summed E-state index contributed by atoms with van der Waals surface area (Å²) in [6, 6.07) is 11.7. The molecular weight excluding hydrogens is 564 g/mol. The third-order valence-electron chi connectivity index (χ3n) is 11.5. The molecule has 4 nitrogen and oxygen atoms in total. The lowest BCUT2D eigenvalue weighted by molar-refractivity contribution is -0.866. The van der Waals surface area contributed by atoms with E-state index >= 15 is 0 Å². The largest absolute Gasteiger partial charge is 0.704 e. The Morgan fingerprint density at radius 2 is 1.22 bits per heavy atom. The maximum absolute atomic E-state index is 7.35. The van der Waals surface area contributed by atoms with Crippen LogP contribution >= 0.6 is 0 Å². The van der Waals surface area contributed by atoms with Gasteiger partial charge in [0, 0.05) is 18.4 Å². The number of fused-ring (bicyclic) bond motifs is 5. The van der Waals surface area contributed by atoms with Crippen molar-refractivity contribution in [3.63, 3.8) is 0 Å². The molecule has 1 spiro atoms. The van der Waals surface area contributed by atoms with Gasteiger partial charge in [-0.1, -0.05) is 122 Å². The number of unbranched alkanes of at least 4 members (excludes halogenated alkanes) is 3. The van der Waals surface area contributed by atoms with Gasteiger partial charge in [-0.05, 0) is 77.7 Å². The number of ether oxygens (including phenoxy) is 2. The van der Waals surface area contributed by atoms with Crippen LogP contribution in [0.25, 0.3) is 0 Å². The standard InChI is InChI=1S/C42H62N2O2/c1-10-13-22-41(23-14-11-2,24-15-12-3)32-20-21-37-30(25-32)28-43-35-18-16-17-19-36(35)44-29-31-26-33(39(4,5)6)27-34(40(7,8)9)38(31)46-42(43,44)45-37/h20-21,25-29,35-36H,10-19,22-24H2,1-9H3/q+2. The number of rotatable bonds is 10. The van der Waals surface area contributed by atoms with Crippen molar-refractivity contribution in [2.75, 3.05) is 0 Å². The molecule has 250 valence electrons. The zero-order chi connectivity index (χ0) is 32.9. The van der Waals surface area contributed by atoms with E-state index in [0.29, 0.717) is 12.1 Å². The molecule has 1 saturated carbocycles. The van der Waals surface area contributed by atoms with Gasteiger partial charge in [0.05, 0.1) is 11.1 Å². The van der Waals surface area contributed by atoms with Gasteiger partial charge in [-0.15, -0.1) is 0 Å². The van der Waals surface area contributed by atoms with Gasteiger partial charge in [0.2, 0.25) is 12.1 Å². The molecule has 1 aliphatic carbocycles. The van der Waals surface area contributed by atoms with Crippen LogP contribution in [-0.2, 0) is 16.2 Å². The van der Waals surface area contributed by atoms with Crippen molar-refractivity contribution in [1.29, 1.82) is 0 Å². The van der Waals surface area contributed by atoms with Crippen LogP contribution in [0.15, 0.2) is 30.3 Å².